The zero-order valence-corrected chi connectivity index (χ0v) is 22.5. The maximum Gasteiger partial charge on any atom is 0.248 e. The molecule has 1 aliphatic carbocycles. The number of nitrogens with zero attached hydrogens (tertiary/aromatic N) is 3. The van der Waals surface area contributed by atoms with Gasteiger partial charge in [-0.05, 0) is 101 Å². The SMILES string of the molecule is COc1cc(C)c(S(=O)N(C)CCOCC(=O)N(C)C2CCC(CCN3CCC3)CC2)c(C)c1. The van der Waals surface area contributed by atoms with Crippen molar-refractivity contribution in [3.63, 3.8) is 0 Å². The van der Waals surface area contributed by atoms with Gasteiger partial charge in [0.25, 0.3) is 0 Å². The van der Waals surface area contributed by atoms with E-state index in [1.165, 1.54) is 45.3 Å². The van der Waals surface area contributed by atoms with Crippen molar-refractivity contribution >= 4 is 16.9 Å². The number of methoxy groups -OCH3 is 1. The van der Waals surface area contributed by atoms with Crippen LogP contribution in [0.25, 0.3) is 0 Å². The zero-order chi connectivity index (χ0) is 24.7. The average Bonchev–Trinajstić information content (AvgIpc) is 2.79. The maximum atomic E-state index is 13.0. The summed E-state index contributed by atoms with van der Waals surface area (Å²) >= 11 is 0. The monoisotopic (exact) mass is 493 g/mol. The standard InChI is InChI=1S/C26H43N3O4S/c1-20-17-24(32-5)18-21(2)26(20)34(31)27(3)15-16-33-19-25(30)28(4)23-9-7-22(8-10-23)11-14-29-12-6-13-29/h17-18,22-23H,6-16,19H2,1-5H3. The minimum atomic E-state index is -1.29. The highest BCUT2D eigenvalue weighted by atomic mass is 32.2. The second-order valence-corrected chi connectivity index (χ2v) is 11.4. The van der Waals surface area contributed by atoms with Gasteiger partial charge in [0.15, 0.2) is 0 Å². The first-order valence-electron chi connectivity index (χ1n) is 12.6. The molecule has 0 bridgehead atoms. The van der Waals surface area contributed by atoms with Crippen LogP contribution in [0.2, 0.25) is 0 Å². The highest BCUT2D eigenvalue weighted by Crippen LogP contribution is 2.30. The van der Waals surface area contributed by atoms with Crippen molar-refractivity contribution in [1.29, 1.82) is 0 Å². The molecule has 1 aliphatic heterocycles. The van der Waals surface area contributed by atoms with Gasteiger partial charge in [0.1, 0.15) is 23.3 Å². The van der Waals surface area contributed by atoms with Gasteiger partial charge in [0.2, 0.25) is 5.91 Å². The van der Waals surface area contributed by atoms with Crippen LogP contribution < -0.4 is 4.74 Å². The summed E-state index contributed by atoms with van der Waals surface area (Å²) in [6.07, 6.45) is 7.29. The Bertz CT molecular complexity index is 814. The van der Waals surface area contributed by atoms with Gasteiger partial charge < -0.3 is 19.3 Å². The van der Waals surface area contributed by atoms with Crippen LogP contribution in [0.3, 0.4) is 0 Å². The fourth-order valence-corrected chi connectivity index (χ4v) is 6.21. The van der Waals surface area contributed by atoms with E-state index in [1.807, 2.05) is 45.0 Å². The van der Waals surface area contributed by atoms with E-state index in [4.69, 9.17) is 9.47 Å². The van der Waals surface area contributed by atoms with E-state index in [2.05, 4.69) is 4.90 Å². The van der Waals surface area contributed by atoms with E-state index < -0.39 is 11.0 Å². The largest absolute Gasteiger partial charge is 0.497 e. The number of likely N-dealkylation sites (N-methyl/N-ethyl adjacent to an activating group) is 2. The predicted octanol–water partition coefficient (Wildman–Crippen LogP) is 3.40. The fourth-order valence-electron chi connectivity index (χ4n) is 4.99. The quantitative estimate of drug-likeness (QED) is 0.418. The number of benzene rings is 1. The number of rotatable bonds is 12. The Balaban J connectivity index is 1.35. The van der Waals surface area contributed by atoms with E-state index in [0.717, 1.165) is 40.5 Å². The van der Waals surface area contributed by atoms with Crippen LogP contribution in [0, 0.1) is 19.8 Å². The molecule has 1 aromatic rings. The van der Waals surface area contributed by atoms with Gasteiger partial charge in [0, 0.05) is 26.7 Å². The van der Waals surface area contributed by atoms with Crippen molar-refractivity contribution in [2.75, 3.05) is 60.6 Å². The lowest BCUT2D eigenvalue weighted by atomic mass is 9.83. The number of carbonyl (C=O) groups is 1. The van der Waals surface area contributed by atoms with Crippen LogP contribution in [-0.2, 0) is 20.5 Å². The molecule has 1 saturated carbocycles. The number of amides is 1. The zero-order valence-electron chi connectivity index (χ0n) is 21.7. The summed E-state index contributed by atoms with van der Waals surface area (Å²) < 4.78 is 25.8. The molecule has 1 unspecified atom stereocenters. The molecule has 1 amide bonds. The molecule has 1 saturated heterocycles. The topological polar surface area (TPSA) is 62.3 Å². The molecule has 1 aromatic carbocycles. The predicted molar refractivity (Wildman–Crippen MR) is 137 cm³/mol. The second kappa shape index (κ2) is 13.0. The molecule has 0 N–H and O–H groups in total. The van der Waals surface area contributed by atoms with E-state index in [1.54, 1.807) is 11.4 Å². The van der Waals surface area contributed by atoms with Crippen molar-refractivity contribution in [3.05, 3.63) is 23.3 Å². The van der Waals surface area contributed by atoms with Gasteiger partial charge in [-0.3, -0.25) is 4.79 Å². The summed E-state index contributed by atoms with van der Waals surface area (Å²) in [5, 5.41) is 0. The highest BCUT2D eigenvalue weighted by molar-refractivity contribution is 7.82. The molecule has 1 atom stereocenters. The summed E-state index contributed by atoms with van der Waals surface area (Å²) in [6, 6.07) is 4.13. The molecule has 0 aromatic heterocycles. The molecule has 1 heterocycles. The third-order valence-electron chi connectivity index (χ3n) is 7.46. The normalized spacial score (nSPS) is 21.8. The first-order chi connectivity index (χ1) is 16.3. The van der Waals surface area contributed by atoms with Crippen molar-refractivity contribution < 1.29 is 18.5 Å². The lowest BCUT2D eigenvalue weighted by molar-refractivity contribution is -0.137. The molecule has 8 heteroatoms. The summed E-state index contributed by atoms with van der Waals surface area (Å²) in [5.41, 5.74) is 1.88. The van der Waals surface area contributed by atoms with Crippen LogP contribution in [-0.4, -0.2) is 90.9 Å². The summed E-state index contributed by atoms with van der Waals surface area (Å²) in [7, 11) is 4.06. The van der Waals surface area contributed by atoms with Crippen molar-refractivity contribution in [1.82, 2.24) is 14.1 Å². The van der Waals surface area contributed by atoms with Gasteiger partial charge >= 0.3 is 0 Å². The number of ether oxygens (including phenoxy) is 2. The number of hydrogen-bond donors (Lipinski definition) is 0. The molecular weight excluding hydrogens is 450 g/mol. The highest BCUT2D eigenvalue weighted by Gasteiger charge is 2.27. The Morgan fingerprint density at radius 2 is 1.76 bits per heavy atom. The van der Waals surface area contributed by atoms with Gasteiger partial charge in [0.05, 0.1) is 18.6 Å². The van der Waals surface area contributed by atoms with Gasteiger partial charge in [-0.1, -0.05) is 0 Å². The van der Waals surface area contributed by atoms with Crippen LogP contribution in [0.1, 0.15) is 49.7 Å². The van der Waals surface area contributed by atoms with Crippen molar-refractivity contribution in [2.45, 2.75) is 63.3 Å². The third kappa shape index (κ3) is 7.26. The lowest BCUT2D eigenvalue weighted by Crippen LogP contribution is -2.42. The fraction of sp³-hybridized carbons (Fsp3) is 0.731. The number of likely N-dealkylation sites (tertiary alicyclic amines) is 1. The molecule has 0 spiro atoms. The third-order valence-corrected chi connectivity index (χ3v) is 9.20. The maximum absolute atomic E-state index is 13.0. The van der Waals surface area contributed by atoms with Crippen molar-refractivity contribution in [3.8, 4) is 5.75 Å². The minimum Gasteiger partial charge on any atom is -0.497 e. The second-order valence-electron chi connectivity index (χ2n) is 9.91. The molecule has 3 rings (SSSR count). The smallest absolute Gasteiger partial charge is 0.248 e. The Morgan fingerprint density at radius 3 is 2.32 bits per heavy atom. The lowest BCUT2D eigenvalue weighted by Gasteiger charge is -2.36. The molecule has 2 fully saturated rings. The molecule has 2 aliphatic rings. The van der Waals surface area contributed by atoms with E-state index in [0.29, 0.717) is 19.2 Å². The van der Waals surface area contributed by atoms with Crippen LogP contribution >= 0.6 is 0 Å². The molecule has 7 nitrogen and oxygen atoms in total. The minimum absolute atomic E-state index is 0.0367. The summed E-state index contributed by atoms with van der Waals surface area (Å²) in [5.74, 6) is 1.62. The number of carbonyl (C=O) groups excluding carboxylic acids is 1. The number of aryl methyl sites for hydroxylation is 2. The van der Waals surface area contributed by atoms with Gasteiger partial charge in [-0.25, -0.2) is 8.51 Å². The van der Waals surface area contributed by atoms with Gasteiger partial charge in [-0.15, -0.1) is 0 Å². The Hall–Kier alpha value is -1.48. The molecule has 34 heavy (non-hydrogen) atoms. The van der Waals surface area contributed by atoms with Crippen LogP contribution in [0.5, 0.6) is 5.75 Å². The molecule has 192 valence electrons. The van der Waals surface area contributed by atoms with Crippen molar-refractivity contribution in [2.24, 2.45) is 5.92 Å². The first-order valence-corrected chi connectivity index (χ1v) is 13.7. The Morgan fingerprint density at radius 1 is 1.12 bits per heavy atom. The van der Waals surface area contributed by atoms with E-state index in [-0.39, 0.29) is 12.5 Å². The van der Waals surface area contributed by atoms with Gasteiger partial charge in [-0.2, -0.15) is 0 Å². The van der Waals surface area contributed by atoms with E-state index in [9.17, 15) is 9.00 Å². The van der Waals surface area contributed by atoms with Crippen LogP contribution in [0.4, 0.5) is 0 Å². The van der Waals surface area contributed by atoms with Crippen LogP contribution in [0.15, 0.2) is 17.0 Å². The Labute approximate surface area is 208 Å². The summed E-state index contributed by atoms with van der Waals surface area (Å²) in [4.78, 5) is 17.9. The average molecular weight is 494 g/mol. The van der Waals surface area contributed by atoms with E-state index >= 15 is 0 Å². The number of hydrogen-bond acceptors (Lipinski definition) is 5. The molecular formula is C26H43N3O4S. The first kappa shape index (κ1) is 27.1. The Kier molecular flexibility index (Phi) is 10.4. The summed E-state index contributed by atoms with van der Waals surface area (Å²) in [6.45, 7) is 8.61. The molecule has 0 radical (unpaired) electrons.